The second-order valence-electron chi connectivity index (χ2n) is 5.95. The van der Waals surface area contributed by atoms with Crippen molar-refractivity contribution in [1.29, 1.82) is 0 Å². The topological polar surface area (TPSA) is 82.6 Å². The number of nitrogens with zero attached hydrogens (tertiary/aromatic N) is 1. The summed E-state index contributed by atoms with van der Waals surface area (Å²) in [7, 11) is -1.59. The van der Waals surface area contributed by atoms with Gasteiger partial charge in [-0.25, -0.2) is 13.1 Å². The third kappa shape index (κ3) is 6.67. The van der Waals surface area contributed by atoms with E-state index in [-0.39, 0.29) is 5.75 Å². The SMILES string of the molecule is CN=C(NCCS(=O)(=O)NCC1CCC1)NCc1cccc(Cl)c1. The normalized spacial score (nSPS) is 15.8. The second kappa shape index (κ2) is 9.25. The molecule has 2 rings (SSSR count). The lowest BCUT2D eigenvalue weighted by molar-refractivity contribution is 0.316. The van der Waals surface area contributed by atoms with Crippen molar-refractivity contribution in [1.82, 2.24) is 15.4 Å². The molecular formula is C16H25ClN4O2S. The monoisotopic (exact) mass is 372 g/mol. The number of guanidine groups is 1. The summed E-state index contributed by atoms with van der Waals surface area (Å²) in [6.07, 6.45) is 3.46. The van der Waals surface area contributed by atoms with Crippen LogP contribution in [0.5, 0.6) is 0 Å². The number of sulfonamides is 1. The van der Waals surface area contributed by atoms with Crippen molar-refractivity contribution < 1.29 is 8.42 Å². The minimum Gasteiger partial charge on any atom is -0.355 e. The molecule has 0 amide bonds. The molecule has 1 saturated carbocycles. The Morgan fingerprint density at radius 3 is 2.75 bits per heavy atom. The van der Waals surface area contributed by atoms with E-state index in [1.54, 1.807) is 7.05 Å². The quantitative estimate of drug-likeness (QED) is 0.479. The summed E-state index contributed by atoms with van der Waals surface area (Å²) in [4.78, 5) is 4.09. The fourth-order valence-electron chi connectivity index (χ4n) is 2.37. The highest BCUT2D eigenvalue weighted by atomic mass is 35.5. The average molecular weight is 373 g/mol. The molecule has 134 valence electrons. The molecule has 8 heteroatoms. The Kier molecular flexibility index (Phi) is 7.33. The van der Waals surface area contributed by atoms with Gasteiger partial charge in [0, 0.05) is 31.7 Å². The third-order valence-corrected chi connectivity index (χ3v) is 5.64. The summed E-state index contributed by atoms with van der Waals surface area (Å²) in [6, 6.07) is 7.53. The zero-order valence-electron chi connectivity index (χ0n) is 13.9. The number of nitrogens with one attached hydrogen (secondary N) is 3. The summed E-state index contributed by atoms with van der Waals surface area (Å²) >= 11 is 5.95. The number of hydrogen-bond acceptors (Lipinski definition) is 3. The third-order valence-electron chi connectivity index (χ3n) is 4.05. The predicted octanol–water partition coefficient (Wildman–Crippen LogP) is 1.72. The Labute approximate surface area is 149 Å². The zero-order chi connectivity index (χ0) is 17.4. The van der Waals surface area contributed by atoms with E-state index >= 15 is 0 Å². The Morgan fingerprint density at radius 1 is 1.33 bits per heavy atom. The molecule has 0 atom stereocenters. The first-order chi connectivity index (χ1) is 11.5. The lowest BCUT2D eigenvalue weighted by Gasteiger charge is -2.25. The lowest BCUT2D eigenvalue weighted by atomic mass is 9.86. The highest BCUT2D eigenvalue weighted by molar-refractivity contribution is 7.89. The van der Waals surface area contributed by atoms with Gasteiger partial charge in [0.2, 0.25) is 10.0 Å². The van der Waals surface area contributed by atoms with Gasteiger partial charge >= 0.3 is 0 Å². The summed E-state index contributed by atoms with van der Waals surface area (Å²) in [5, 5.41) is 6.83. The summed E-state index contributed by atoms with van der Waals surface area (Å²) in [6.45, 7) is 1.42. The molecule has 6 nitrogen and oxygen atoms in total. The van der Waals surface area contributed by atoms with Crippen molar-refractivity contribution in [3.63, 3.8) is 0 Å². The maximum atomic E-state index is 11.9. The van der Waals surface area contributed by atoms with Crippen molar-refractivity contribution in [3.05, 3.63) is 34.9 Å². The van der Waals surface area contributed by atoms with E-state index in [0.29, 0.717) is 36.5 Å². The molecule has 1 aliphatic carbocycles. The van der Waals surface area contributed by atoms with Gasteiger partial charge in [-0.3, -0.25) is 4.99 Å². The van der Waals surface area contributed by atoms with Crippen LogP contribution in [0.2, 0.25) is 5.02 Å². The van der Waals surface area contributed by atoms with Crippen LogP contribution in [-0.2, 0) is 16.6 Å². The molecule has 0 aliphatic heterocycles. The first kappa shape index (κ1) is 19.0. The molecule has 1 fully saturated rings. The molecule has 0 aromatic heterocycles. The van der Waals surface area contributed by atoms with Crippen LogP contribution < -0.4 is 15.4 Å². The van der Waals surface area contributed by atoms with Gasteiger partial charge in [0.1, 0.15) is 0 Å². The van der Waals surface area contributed by atoms with E-state index in [2.05, 4.69) is 20.3 Å². The van der Waals surface area contributed by atoms with Crippen LogP contribution in [0.3, 0.4) is 0 Å². The average Bonchev–Trinajstić information content (AvgIpc) is 2.49. The van der Waals surface area contributed by atoms with Crippen LogP contribution in [0.25, 0.3) is 0 Å². The van der Waals surface area contributed by atoms with Gasteiger partial charge < -0.3 is 10.6 Å². The first-order valence-electron chi connectivity index (χ1n) is 8.15. The molecule has 0 saturated heterocycles. The predicted molar refractivity (Wildman–Crippen MR) is 98.8 cm³/mol. The van der Waals surface area contributed by atoms with Crippen LogP contribution in [0.15, 0.2) is 29.3 Å². The van der Waals surface area contributed by atoms with Gasteiger partial charge in [0.05, 0.1) is 5.75 Å². The van der Waals surface area contributed by atoms with Crippen LogP contribution in [0.1, 0.15) is 24.8 Å². The fraction of sp³-hybridized carbons (Fsp3) is 0.562. The second-order valence-corrected chi connectivity index (χ2v) is 8.31. The van der Waals surface area contributed by atoms with Gasteiger partial charge in [0.15, 0.2) is 5.96 Å². The summed E-state index contributed by atoms with van der Waals surface area (Å²) < 4.78 is 26.5. The van der Waals surface area contributed by atoms with Gasteiger partial charge in [-0.05, 0) is 36.5 Å². The molecule has 0 spiro atoms. The molecule has 1 aromatic rings. The molecule has 3 N–H and O–H groups in total. The number of hydrogen-bond donors (Lipinski definition) is 3. The standard InChI is InChI=1S/C16H25ClN4O2S/c1-18-16(20-11-14-6-3-7-15(17)10-14)19-8-9-24(22,23)21-12-13-4-2-5-13/h3,6-7,10,13,21H,2,4-5,8-9,11-12H2,1H3,(H2,18,19,20). The minimum atomic E-state index is -3.24. The largest absolute Gasteiger partial charge is 0.355 e. The van der Waals surface area contributed by atoms with Gasteiger partial charge in [-0.15, -0.1) is 0 Å². The van der Waals surface area contributed by atoms with E-state index in [4.69, 9.17) is 11.6 Å². The summed E-state index contributed by atoms with van der Waals surface area (Å²) in [5.74, 6) is 1.10. The van der Waals surface area contributed by atoms with Crippen molar-refractivity contribution in [2.75, 3.05) is 25.9 Å². The zero-order valence-corrected chi connectivity index (χ0v) is 15.5. The summed E-state index contributed by atoms with van der Waals surface area (Å²) in [5.41, 5.74) is 1.03. The first-order valence-corrected chi connectivity index (χ1v) is 10.2. The number of aliphatic imine (C=N–C) groups is 1. The van der Waals surface area contributed by atoms with Crippen molar-refractivity contribution in [2.45, 2.75) is 25.8 Å². The van der Waals surface area contributed by atoms with Crippen LogP contribution in [0, 0.1) is 5.92 Å². The minimum absolute atomic E-state index is 0.0254. The van der Waals surface area contributed by atoms with E-state index in [9.17, 15) is 8.42 Å². The van der Waals surface area contributed by atoms with Gasteiger partial charge in [-0.2, -0.15) is 0 Å². The van der Waals surface area contributed by atoms with E-state index in [0.717, 1.165) is 18.4 Å². The maximum absolute atomic E-state index is 11.9. The van der Waals surface area contributed by atoms with Crippen molar-refractivity contribution >= 4 is 27.6 Å². The highest BCUT2D eigenvalue weighted by Gasteiger charge is 2.19. The van der Waals surface area contributed by atoms with E-state index in [1.165, 1.54) is 6.42 Å². The molecule has 0 heterocycles. The molecule has 0 bridgehead atoms. The molecule has 0 unspecified atom stereocenters. The lowest BCUT2D eigenvalue weighted by Crippen LogP contribution is -2.41. The van der Waals surface area contributed by atoms with Crippen molar-refractivity contribution in [2.24, 2.45) is 10.9 Å². The van der Waals surface area contributed by atoms with Crippen LogP contribution in [0.4, 0.5) is 0 Å². The van der Waals surface area contributed by atoms with Gasteiger partial charge in [-0.1, -0.05) is 30.2 Å². The Hall–Kier alpha value is -1.31. The molecule has 24 heavy (non-hydrogen) atoms. The van der Waals surface area contributed by atoms with Crippen molar-refractivity contribution in [3.8, 4) is 0 Å². The van der Waals surface area contributed by atoms with Crippen LogP contribution in [-0.4, -0.2) is 40.3 Å². The highest BCUT2D eigenvalue weighted by Crippen LogP contribution is 2.25. The number of halogens is 1. The number of rotatable bonds is 8. The molecule has 1 aromatic carbocycles. The Morgan fingerprint density at radius 2 is 2.12 bits per heavy atom. The molecule has 1 aliphatic rings. The van der Waals surface area contributed by atoms with Crippen LogP contribution >= 0.6 is 11.6 Å². The Bertz CT molecular complexity index is 660. The van der Waals surface area contributed by atoms with E-state index < -0.39 is 10.0 Å². The fourth-order valence-corrected chi connectivity index (χ4v) is 3.59. The van der Waals surface area contributed by atoms with E-state index in [1.807, 2.05) is 24.3 Å². The maximum Gasteiger partial charge on any atom is 0.213 e. The Balaban J connectivity index is 1.68. The molecular weight excluding hydrogens is 348 g/mol. The number of benzene rings is 1. The smallest absolute Gasteiger partial charge is 0.213 e. The van der Waals surface area contributed by atoms with Gasteiger partial charge in [0.25, 0.3) is 0 Å². The molecule has 0 radical (unpaired) electrons.